The standard InChI is InChI=1S/C17H13ClFNO4/c18-13-9-16(12(8-14(13)19)4-6-20-23-10-21)24-15-3-1-2-11-5-7-22-17(11)15/h1-3,5,7-10,20H,4,6H2. The zero-order valence-corrected chi connectivity index (χ0v) is 13.2. The van der Waals surface area contributed by atoms with Gasteiger partial charge in [0.1, 0.15) is 11.6 Å². The van der Waals surface area contributed by atoms with Crippen LogP contribution in [0.4, 0.5) is 4.39 Å². The summed E-state index contributed by atoms with van der Waals surface area (Å²) >= 11 is 5.87. The number of nitrogens with one attached hydrogen (secondary N) is 1. The molecule has 3 aromatic rings. The first-order valence-corrected chi connectivity index (χ1v) is 7.51. The number of hydrogen-bond acceptors (Lipinski definition) is 5. The minimum absolute atomic E-state index is 0.0440. The van der Waals surface area contributed by atoms with Gasteiger partial charge in [-0.25, -0.2) is 4.39 Å². The van der Waals surface area contributed by atoms with Crippen LogP contribution < -0.4 is 10.2 Å². The Hall–Kier alpha value is -2.57. The molecule has 0 aliphatic heterocycles. The van der Waals surface area contributed by atoms with Crippen LogP contribution >= 0.6 is 11.6 Å². The van der Waals surface area contributed by atoms with Gasteiger partial charge in [-0.05, 0) is 30.2 Å². The van der Waals surface area contributed by atoms with Crippen LogP contribution in [0.25, 0.3) is 11.0 Å². The molecule has 0 unspecified atom stereocenters. The molecule has 0 radical (unpaired) electrons. The van der Waals surface area contributed by atoms with Gasteiger partial charge in [-0.2, -0.15) is 5.48 Å². The van der Waals surface area contributed by atoms with Crippen molar-refractivity contribution in [3.05, 3.63) is 59.1 Å². The van der Waals surface area contributed by atoms with Gasteiger partial charge >= 0.3 is 6.47 Å². The molecule has 0 aliphatic rings. The Kier molecular flexibility index (Phi) is 4.98. The third-order valence-corrected chi connectivity index (χ3v) is 3.68. The van der Waals surface area contributed by atoms with Gasteiger partial charge < -0.3 is 14.0 Å². The molecule has 0 spiro atoms. The van der Waals surface area contributed by atoms with Crippen molar-refractivity contribution in [1.29, 1.82) is 0 Å². The number of rotatable bonds is 7. The topological polar surface area (TPSA) is 60.7 Å². The first-order chi connectivity index (χ1) is 11.7. The molecule has 1 heterocycles. The predicted octanol–water partition coefficient (Wildman–Crippen LogP) is 4.24. The van der Waals surface area contributed by atoms with Gasteiger partial charge in [0.15, 0.2) is 11.3 Å². The molecule has 0 saturated carbocycles. The number of carbonyl (C=O) groups is 1. The van der Waals surface area contributed by atoms with Crippen LogP contribution in [-0.4, -0.2) is 13.0 Å². The summed E-state index contributed by atoms with van der Waals surface area (Å²) in [6.45, 7) is 0.568. The Morgan fingerprint density at radius 3 is 2.96 bits per heavy atom. The van der Waals surface area contributed by atoms with Gasteiger partial charge in [0.2, 0.25) is 0 Å². The quantitative estimate of drug-likeness (QED) is 0.393. The number of hydrogen-bond donors (Lipinski definition) is 1. The summed E-state index contributed by atoms with van der Waals surface area (Å²) in [5.41, 5.74) is 3.60. The number of furan rings is 1. The van der Waals surface area contributed by atoms with Crippen molar-refractivity contribution in [3.8, 4) is 11.5 Å². The number of hydroxylamine groups is 1. The third kappa shape index (κ3) is 3.50. The van der Waals surface area contributed by atoms with Crippen LogP contribution in [0.15, 0.2) is 47.1 Å². The summed E-state index contributed by atoms with van der Waals surface area (Å²) in [7, 11) is 0. The SMILES string of the molecule is O=CONCCc1cc(F)c(Cl)cc1Oc1cccc2ccoc12. The van der Waals surface area contributed by atoms with Gasteiger partial charge in [0.05, 0.1) is 11.3 Å². The molecule has 1 aromatic heterocycles. The summed E-state index contributed by atoms with van der Waals surface area (Å²) in [4.78, 5) is 14.5. The average Bonchev–Trinajstić information content (AvgIpc) is 3.05. The molecule has 3 rings (SSSR count). The Morgan fingerprint density at radius 2 is 2.12 bits per heavy atom. The van der Waals surface area contributed by atoms with Crippen LogP contribution in [0.2, 0.25) is 5.02 Å². The monoisotopic (exact) mass is 349 g/mol. The van der Waals surface area contributed by atoms with Gasteiger partial charge in [-0.3, -0.25) is 4.79 Å². The molecule has 5 nitrogen and oxygen atoms in total. The normalized spacial score (nSPS) is 10.8. The second-order valence-corrected chi connectivity index (χ2v) is 5.34. The lowest BCUT2D eigenvalue weighted by Gasteiger charge is -2.12. The van der Waals surface area contributed by atoms with Crippen LogP contribution in [0.1, 0.15) is 5.56 Å². The molecular formula is C17H13ClFNO4. The summed E-state index contributed by atoms with van der Waals surface area (Å²) in [6, 6.07) is 10.0. The van der Waals surface area contributed by atoms with E-state index in [0.717, 1.165) is 5.39 Å². The molecule has 0 amide bonds. The highest BCUT2D eigenvalue weighted by Crippen LogP contribution is 2.34. The molecule has 0 fully saturated rings. The van der Waals surface area contributed by atoms with E-state index in [0.29, 0.717) is 35.6 Å². The number of benzene rings is 2. The maximum absolute atomic E-state index is 13.8. The molecule has 124 valence electrons. The second-order valence-electron chi connectivity index (χ2n) is 4.93. The Bertz CT molecular complexity index is 865. The maximum atomic E-state index is 13.8. The fourth-order valence-corrected chi connectivity index (χ4v) is 2.46. The predicted molar refractivity (Wildman–Crippen MR) is 86.6 cm³/mol. The molecule has 2 aromatic carbocycles. The highest BCUT2D eigenvalue weighted by atomic mass is 35.5. The van der Waals surface area contributed by atoms with E-state index in [1.165, 1.54) is 12.1 Å². The van der Waals surface area contributed by atoms with E-state index in [1.54, 1.807) is 12.3 Å². The van der Waals surface area contributed by atoms with Crippen LogP contribution in [0.5, 0.6) is 11.5 Å². The van der Waals surface area contributed by atoms with E-state index in [4.69, 9.17) is 20.8 Å². The summed E-state index contributed by atoms with van der Waals surface area (Å²) in [5.74, 6) is 0.350. The van der Waals surface area contributed by atoms with Gasteiger partial charge in [-0.1, -0.05) is 23.7 Å². The average molecular weight is 350 g/mol. The summed E-state index contributed by atoms with van der Waals surface area (Å²) < 4.78 is 25.1. The molecule has 0 atom stereocenters. The molecule has 1 N–H and O–H groups in total. The lowest BCUT2D eigenvalue weighted by molar-refractivity contribution is -0.135. The first-order valence-electron chi connectivity index (χ1n) is 7.13. The van der Waals surface area contributed by atoms with Crippen LogP contribution in [0.3, 0.4) is 0 Å². The van der Waals surface area contributed by atoms with E-state index in [9.17, 15) is 9.18 Å². The van der Waals surface area contributed by atoms with Crippen molar-refractivity contribution in [1.82, 2.24) is 5.48 Å². The van der Waals surface area contributed by atoms with E-state index >= 15 is 0 Å². The number of ether oxygens (including phenoxy) is 1. The Labute approximate surface area is 141 Å². The van der Waals surface area contributed by atoms with E-state index in [2.05, 4.69) is 10.3 Å². The van der Waals surface area contributed by atoms with Gasteiger partial charge in [-0.15, -0.1) is 0 Å². The summed E-state index contributed by atoms with van der Waals surface area (Å²) in [5, 5.41) is 0.848. The van der Waals surface area contributed by atoms with Gasteiger partial charge in [0.25, 0.3) is 0 Å². The zero-order valence-electron chi connectivity index (χ0n) is 12.4. The highest BCUT2D eigenvalue weighted by molar-refractivity contribution is 6.30. The first kappa shape index (κ1) is 16.3. The van der Waals surface area contributed by atoms with Crippen LogP contribution in [0, 0.1) is 5.82 Å². The van der Waals surface area contributed by atoms with Crippen LogP contribution in [-0.2, 0) is 16.1 Å². The number of fused-ring (bicyclic) bond motifs is 1. The molecular weight excluding hydrogens is 337 g/mol. The summed E-state index contributed by atoms with van der Waals surface area (Å²) in [6.07, 6.45) is 1.93. The minimum Gasteiger partial charge on any atom is -0.460 e. The lowest BCUT2D eigenvalue weighted by Crippen LogP contribution is -2.17. The maximum Gasteiger partial charge on any atom is 0.312 e. The molecule has 0 bridgehead atoms. The highest BCUT2D eigenvalue weighted by Gasteiger charge is 2.13. The number of halogens is 2. The minimum atomic E-state index is -0.550. The van der Waals surface area contributed by atoms with E-state index < -0.39 is 5.82 Å². The fraction of sp³-hybridized carbons (Fsp3) is 0.118. The van der Waals surface area contributed by atoms with E-state index in [1.807, 2.05) is 18.2 Å². The molecule has 0 aliphatic carbocycles. The van der Waals surface area contributed by atoms with Crippen molar-refractivity contribution in [3.63, 3.8) is 0 Å². The number of carbonyl (C=O) groups excluding carboxylic acids is 1. The van der Waals surface area contributed by atoms with Crippen molar-refractivity contribution in [2.24, 2.45) is 0 Å². The van der Waals surface area contributed by atoms with Gasteiger partial charge in [0, 0.05) is 18.0 Å². The second kappa shape index (κ2) is 7.33. The third-order valence-electron chi connectivity index (χ3n) is 3.39. The van der Waals surface area contributed by atoms with Crippen molar-refractivity contribution in [2.45, 2.75) is 6.42 Å². The molecule has 24 heavy (non-hydrogen) atoms. The lowest BCUT2D eigenvalue weighted by atomic mass is 10.1. The molecule has 0 saturated heterocycles. The fourth-order valence-electron chi connectivity index (χ4n) is 2.30. The van der Waals surface area contributed by atoms with Crippen molar-refractivity contribution >= 4 is 29.0 Å². The number of para-hydroxylation sites is 1. The Morgan fingerprint density at radius 1 is 1.25 bits per heavy atom. The zero-order chi connectivity index (χ0) is 16.9. The molecule has 7 heteroatoms. The largest absolute Gasteiger partial charge is 0.460 e. The van der Waals surface area contributed by atoms with E-state index in [-0.39, 0.29) is 11.5 Å². The van der Waals surface area contributed by atoms with Crippen molar-refractivity contribution in [2.75, 3.05) is 6.54 Å². The smallest absolute Gasteiger partial charge is 0.312 e. The Balaban J connectivity index is 1.89. The van der Waals surface area contributed by atoms with Crippen molar-refractivity contribution < 1.29 is 23.2 Å².